The molecule has 1 heterocycles. The highest BCUT2D eigenvalue weighted by Gasteiger charge is 2.56. The summed E-state index contributed by atoms with van der Waals surface area (Å²) in [4.78, 5) is 0. The average Bonchev–Trinajstić information content (AvgIpc) is 3.12. The molecule has 3 heteroatoms. The molecular weight excluding hydrogens is 370 g/mol. The molecule has 3 nitrogen and oxygen atoms in total. The largest absolute Gasteiger partial charge is 0.393 e. The van der Waals surface area contributed by atoms with Crippen molar-refractivity contribution >= 4 is 0 Å². The van der Waals surface area contributed by atoms with Gasteiger partial charge in [-0.25, -0.2) is 0 Å². The Kier molecular flexibility index (Phi) is 5.12. The van der Waals surface area contributed by atoms with E-state index in [1.165, 1.54) is 17.6 Å². The summed E-state index contributed by atoms with van der Waals surface area (Å²) in [5.41, 5.74) is 3.95. The number of allylic oxidation sites excluding steroid dienone is 2. The minimum absolute atomic E-state index is 0.143. The normalized spacial score (nSPS) is 49.2. The van der Waals surface area contributed by atoms with Crippen LogP contribution < -0.4 is 5.32 Å². The second kappa shape index (κ2) is 7.32. The van der Waals surface area contributed by atoms with Crippen LogP contribution in [0.15, 0.2) is 34.9 Å². The first-order valence-corrected chi connectivity index (χ1v) is 12.5. The molecular formula is C27H41NO2. The van der Waals surface area contributed by atoms with Gasteiger partial charge in [0.1, 0.15) is 0 Å². The lowest BCUT2D eigenvalue weighted by Crippen LogP contribution is -2.52. The van der Waals surface area contributed by atoms with Gasteiger partial charge < -0.3 is 15.5 Å². The van der Waals surface area contributed by atoms with E-state index in [0.29, 0.717) is 17.8 Å². The molecule has 9 atom stereocenters. The molecule has 3 N–H and O–H groups in total. The van der Waals surface area contributed by atoms with Crippen molar-refractivity contribution in [2.75, 3.05) is 6.54 Å². The van der Waals surface area contributed by atoms with Crippen LogP contribution in [-0.4, -0.2) is 34.5 Å². The maximum Gasteiger partial charge on any atom is 0.0900 e. The molecule has 5 aliphatic rings. The third-order valence-electron chi connectivity index (χ3n) is 10.1. The summed E-state index contributed by atoms with van der Waals surface area (Å²) in [7, 11) is 0. The number of nitrogens with one attached hydrogen (secondary N) is 1. The minimum Gasteiger partial charge on any atom is -0.393 e. The van der Waals surface area contributed by atoms with E-state index in [4.69, 9.17) is 0 Å². The van der Waals surface area contributed by atoms with E-state index in [2.05, 4.69) is 51.2 Å². The number of fused-ring (bicyclic) bond motifs is 5. The monoisotopic (exact) mass is 411 g/mol. The molecule has 0 radical (unpaired) electrons. The molecule has 5 rings (SSSR count). The first-order chi connectivity index (χ1) is 14.2. The van der Waals surface area contributed by atoms with Gasteiger partial charge in [-0.3, -0.25) is 0 Å². The van der Waals surface area contributed by atoms with Crippen molar-refractivity contribution in [2.24, 2.45) is 35.0 Å². The van der Waals surface area contributed by atoms with Crippen molar-refractivity contribution in [3.05, 3.63) is 34.9 Å². The van der Waals surface area contributed by atoms with E-state index in [-0.39, 0.29) is 23.5 Å². The highest BCUT2D eigenvalue weighted by Crippen LogP contribution is 2.63. The van der Waals surface area contributed by atoms with Gasteiger partial charge in [-0.2, -0.15) is 0 Å². The van der Waals surface area contributed by atoms with Crippen LogP contribution in [0.1, 0.15) is 72.6 Å². The molecule has 4 aliphatic carbocycles. The van der Waals surface area contributed by atoms with Gasteiger partial charge in [0.05, 0.1) is 11.7 Å². The standard InChI is InChI=1S/C27H41NO2/c1-16-5-8-25(28-15-16)18(3)27(30)12-10-21-22-7-6-19-13-20(29)9-11-26(19,4)24(22)14-23(21)17(27)2/h5-6,8,16,18,20-22,24-25,28-30H,7,9-15H2,1-4H3/t16-,18+,20-,21-,22-,24-,25+,26-,27-/m0/s1. The highest BCUT2D eigenvalue weighted by atomic mass is 16.3. The zero-order valence-corrected chi connectivity index (χ0v) is 19.3. The lowest BCUT2D eigenvalue weighted by atomic mass is 9.56. The summed E-state index contributed by atoms with van der Waals surface area (Å²) in [6.45, 7) is 10.2. The van der Waals surface area contributed by atoms with Crippen molar-refractivity contribution in [3.8, 4) is 0 Å². The van der Waals surface area contributed by atoms with Crippen LogP contribution in [0.5, 0.6) is 0 Å². The second-order valence-electron chi connectivity index (χ2n) is 11.6. The van der Waals surface area contributed by atoms with Gasteiger partial charge in [0, 0.05) is 18.5 Å². The van der Waals surface area contributed by atoms with Crippen molar-refractivity contribution < 1.29 is 10.2 Å². The number of aliphatic hydroxyl groups excluding tert-OH is 1. The third-order valence-corrected chi connectivity index (χ3v) is 10.1. The van der Waals surface area contributed by atoms with Crippen LogP contribution in [-0.2, 0) is 0 Å². The van der Waals surface area contributed by atoms with Crippen LogP contribution >= 0.6 is 0 Å². The van der Waals surface area contributed by atoms with Crippen LogP contribution in [0, 0.1) is 35.0 Å². The van der Waals surface area contributed by atoms with Crippen LogP contribution in [0.25, 0.3) is 0 Å². The fourth-order valence-corrected chi connectivity index (χ4v) is 7.98. The van der Waals surface area contributed by atoms with Crippen LogP contribution in [0.4, 0.5) is 0 Å². The number of aliphatic hydroxyl groups is 2. The summed E-state index contributed by atoms with van der Waals surface area (Å²) in [5, 5.41) is 25.9. The summed E-state index contributed by atoms with van der Waals surface area (Å²) in [6, 6.07) is 0.257. The predicted octanol–water partition coefficient (Wildman–Crippen LogP) is 4.76. The molecule has 0 unspecified atom stereocenters. The minimum atomic E-state index is -0.693. The molecule has 0 aromatic carbocycles. The Morgan fingerprint density at radius 3 is 2.70 bits per heavy atom. The van der Waals surface area contributed by atoms with Gasteiger partial charge in [-0.05, 0) is 86.5 Å². The lowest BCUT2D eigenvalue weighted by Gasteiger charge is -2.49. The van der Waals surface area contributed by atoms with Gasteiger partial charge in [-0.1, -0.05) is 50.1 Å². The van der Waals surface area contributed by atoms with Gasteiger partial charge in [-0.15, -0.1) is 0 Å². The zero-order valence-electron chi connectivity index (χ0n) is 19.3. The molecule has 1 aliphatic heterocycles. The first kappa shape index (κ1) is 21.0. The van der Waals surface area contributed by atoms with E-state index in [9.17, 15) is 10.2 Å². The van der Waals surface area contributed by atoms with Crippen molar-refractivity contribution in [1.29, 1.82) is 0 Å². The molecule has 0 amide bonds. The quantitative estimate of drug-likeness (QED) is 0.574. The Morgan fingerprint density at radius 1 is 1.17 bits per heavy atom. The fourth-order valence-electron chi connectivity index (χ4n) is 7.98. The van der Waals surface area contributed by atoms with E-state index >= 15 is 0 Å². The van der Waals surface area contributed by atoms with Crippen LogP contribution in [0.3, 0.4) is 0 Å². The second-order valence-corrected chi connectivity index (χ2v) is 11.6. The van der Waals surface area contributed by atoms with E-state index in [1.807, 2.05) is 0 Å². The van der Waals surface area contributed by atoms with Gasteiger partial charge in [0.25, 0.3) is 0 Å². The fraction of sp³-hybridized carbons (Fsp3) is 0.778. The summed E-state index contributed by atoms with van der Waals surface area (Å²) < 4.78 is 0. The molecule has 166 valence electrons. The zero-order chi connectivity index (χ0) is 21.3. The van der Waals surface area contributed by atoms with Crippen molar-refractivity contribution in [3.63, 3.8) is 0 Å². The number of rotatable bonds is 2. The van der Waals surface area contributed by atoms with E-state index in [1.54, 1.807) is 5.57 Å². The molecule has 2 saturated carbocycles. The van der Waals surface area contributed by atoms with Crippen LogP contribution in [0.2, 0.25) is 0 Å². The maximum absolute atomic E-state index is 12.0. The molecule has 2 fully saturated rings. The summed E-state index contributed by atoms with van der Waals surface area (Å²) in [5.74, 6) is 2.83. The molecule has 0 aromatic rings. The molecule has 0 aromatic heterocycles. The van der Waals surface area contributed by atoms with E-state index < -0.39 is 5.60 Å². The summed E-state index contributed by atoms with van der Waals surface area (Å²) >= 11 is 0. The Morgan fingerprint density at radius 2 is 1.97 bits per heavy atom. The molecule has 30 heavy (non-hydrogen) atoms. The SMILES string of the molecule is CC1=C2C[C@H]3[C@@H](CC=C4C[C@@H](O)CC[C@@]43C)[C@@H]2CC[C@@]1(O)[C@H](C)[C@H]1C=C[C@H](C)CN1. The molecule has 0 saturated heterocycles. The Balaban J connectivity index is 1.44. The first-order valence-electron chi connectivity index (χ1n) is 12.5. The van der Waals surface area contributed by atoms with Crippen molar-refractivity contribution in [1.82, 2.24) is 5.32 Å². The summed E-state index contributed by atoms with van der Waals surface area (Å²) in [6.07, 6.45) is 14.2. The number of hydrogen-bond acceptors (Lipinski definition) is 3. The number of hydrogen-bond donors (Lipinski definition) is 3. The van der Waals surface area contributed by atoms with E-state index in [0.717, 1.165) is 51.0 Å². The maximum atomic E-state index is 12.0. The Hall–Kier alpha value is -0.900. The predicted molar refractivity (Wildman–Crippen MR) is 122 cm³/mol. The Labute approximate surface area is 182 Å². The molecule has 0 spiro atoms. The molecule has 0 bridgehead atoms. The Bertz CT molecular complexity index is 797. The smallest absolute Gasteiger partial charge is 0.0900 e. The van der Waals surface area contributed by atoms with Gasteiger partial charge in [0.2, 0.25) is 0 Å². The third kappa shape index (κ3) is 3.03. The lowest BCUT2D eigenvalue weighted by molar-refractivity contribution is -0.0100. The highest BCUT2D eigenvalue weighted by molar-refractivity contribution is 5.37. The van der Waals surface area contributed by atoms with Gasteiger partial charge in [0.15, 0.2) is 0 Å². The van der Waals surface area contributed by atoms with Gasteiger partial charge >= 0.3 is 0 Å². The van der Waals surface area contributed by atoms with Crippen molar-refractivity contribution in [2.45, 2.75) is 90.4 Å². The topological polar surface area (TPSA) is 52.5 Å². The average molecular weight is 412 g/mol.